The predicted molar refractivity (Wildman–Crippen MR) is 136 cm³/mol. The maximum atomic E-state index is 13.3. The van der Waals surface area contributed by atoms with E-state index in [4.69, 9.17) is 23.4 Å². The average molecular weight is 596 g/mol. The molecule has 5 rings (SSSR count). The molecule has 0 aliphatic carbocycles. The number of benzene rings is 2. The number of aromatic hydroxyl groups is 3. The highest BCUT2D eigenvalue weighted by atomic mass is 16.7. The zero-order valence-corrected chi connectivity index (χ0v) is 21.4. The van der Waals surface area contributed by atoms with Gasteiger partial charge in [-0.1, -0.05) is 0 Å². The van der Waals surface area contributed by atoms with Crippen molar-refractivity contribution in [2.75, 3.05) is 13.2 Å². The van der Waals surface area contributed by atoms with Crippen LogP contribution >= 0.6 is 0 Å². The second-order valence-electron chi connectivity index (χ2n) is 9.76. The van der Waals surface area contributed by atoms with Crippen LogP contribution in [0.25, 0.3) is 22.3 Å². The van der Waals surface area contributed by atoms with E-state index in [0.717, 1.165) is 6.07 Å². The Morgan fingerprint density at radius 1 is 0.786 bits per heavy atom. The van der Waals surface area contributed by atoms with Gasteiger partial charge in [0.2, 0.25) is 29.8 Å². The molecule has 0 unspecified atom stereocenters. The lowest BCUT2D eigenvalue weighted by atomic mass is 9.99. The summed E-state index contributed by atoms with van der Waals surface area (Å²) in [7, 11) is 0. The van der Waals surface area contributed by atoms with E-state index in [-0.39, 0.29) is 17.1 Å². The molecule has 0 spiro atoms. The Morgan fingerprint density at radius 2 is 1.43 bits per heavy atom. The van der Waals surface area contributed by atoms with E-state index in [1.807, 2.05) is 0 Å². The van der Waals surface area contributed by atoms with Crippen LogP contribution in [0.5, 0.6) is 28.7 Å². The van der Waals surface area contributed by atoms with Crippen molar-refractivity contribution >= 4 is 11.0 Å². The van der Waals surface area contributed by atoms with Gasteiger partial charge in [-0.15, -0.1) is 0 Å². The molecule has 16 heteroatoms. The van der Waals surface area contributed by atoms with E-state index in [9.17, 15) is 55.9 Å². The lowest BCUT2D eigenvalue weighted by Gasteiger charge is -2.39. The number of aliphatic hydroxyl groups excluding tert-OH is 7. The number of fused-ring (bicyclic) bond motifs is 1. The van der Waals surface area contributed by atoms with Crippen LogP contribution in [0.4, 0.5) is 0 Å². The molecule has 9 atom stereocenters. The minimum atomic E-state index is -1.97. The largest absolute Gasteiger partial charge is 0.508 e. The maximum Gasteiger partial charge on any atom is 0.229 e. The molecule has 1 aromatic heterocycles. The molecule has 42 heavy (non-hydrogen) atoms. The van der Waals surface area contributed by atoms with Gasteiger partial charge in [0.05, 0.1) is 13.2 Å². The summed E-state index contributed by atoms with van der Waals surface area (Å²) in [5.74, 6) is -3.99. The van der Waals surface area contributed by atoms with Gasteiger partial charge in [0, 0.05) is 11.6 Å². The third-order valence-corrected chi connectivity index (χ3v) is 6.96. The van der Waals surface area contributed by atoms with E-state index in [0.29, 0.717) is 0 Å². The highest BCUT2D eigenvalue weighted by molar-refractivity contribution is 5.95. The Morgan fingerprint density at radius 3 is 2.10 bits per heavy atom. The molecule has 0 saturated carbocycles. The number of phenolic OH excluding ortho intramolecular Hbond substituents is 3. The number of rotatable bonds is 6. The SMILES string of the molecule is O=c1cc(-c2ccc(O)cc2)oc2c(O[C@@H]3O[C@H](CO)[C@H](O)[C@@H](O)[C@@H]3O)c(O)c(O[C@@H]3OC[C@@H](O)[C@@H](O)[C@@H]3O)c(O)c12. The summed E-state index contributed by atoms with van der Waals surface area (Å²) in [5.41, 5.74) is -1.23. The van der Waals surface area contributed by atoms with Gasteiger partial charge in [-0.2, -0.15) is 0 Å². The standard InChI is InChI=1S/C26H28O16/c27-6-13-16(32)18(34)20(36)26(40-13)42-24-21(37)23(41-25-19(35)15(31)11(30)7-38-25)17(33)14-10(29)5-12(39-22(14)24)8-1-3-9(28)4-2-8/h1-5,11,13,15-16,18-20,25-28,30-37H,6-7H2/t11-,13-,15-,16+,18-,19+,20+,25+,26+/m1/s1. The average Bonchev–Trinajstić information content (AvgIpc) is 2.97. The zero-order chi connectivity index (χ0) is 30.5. The van der Waals surface area contributed by atoms with Crippen LogP contribution in [-0.4, -0.2) is 120 Å². The van der Waals surface area contributed by atoms with Gasteiger partial charge in [-0.25, -0.2) is 0 Å². The highest BCUT2D eigenvalue weighted by Crippen LogP contribution is 2.51. The van der Waals surface area contributed by atoms with Gasteiger partial charge in [-0.3, -0.25) is 4.79 Å². The van der Waals surface area contributed by atoms with Crippen LogP contribution in [0.15, 0.2) is 39.5 Å². The van der Waals surface area contributed by atoms with E-state index >= 15 is 0 Å². The molecule has 0 amide bonds. The van der Waals surface area contributed by atoms with Crippen LogP contribution in [0, 0.1) is 0 Å². The normalized spacial score (nSPS) is 31.6. The lowest BCUT2D eigenvalue weighted by Crippen LogP contribution is -2.60. The summed E-state index contributed by atoms with van der Waals surface area (Å²) in [6.45, 7) is -1.32. The third kappa shape index (κ3) is 5.19. The number of ether oxygens (including phenoxy) is 4. The molecule has 2 aliphatic heterocycles. The quantitative estimate of drug-likeness (QED) is 0.142. The number of hydrogen-bond donors (Lipinski definition) is 10. The van der Waals surface area contributed by atoms with Crippen molar-refractivity contribution in [1.29, 1.82) is 0 Å². The van der Waals surface area contributed by atoms with Crippen molar-refractivity contribution in [2.24, 2.45) is 0 Å². The van der Waals surface area contributed by atoms with Gasteiger partial charge in [-0.05, 0) is 24.3 Å². The molecule has 228 valence electrons. The smallest absolute Gasteiger partial charge is 0.229 e. The van der Waals surface area contributed by atoms with Crippen molar-refractivity contribution < 1.29 is 74.4 Å². The van der Waals surface area contributed by atoms with Crippen molar-refractivity contribution in [2.45, 2.75) is 55.3 Å². The highest BCUT2D eigenvalue weighted by Gasteiger charge is 2.46. The fourth-order valence-corrected chi connectivity index (χ4v) is 4.58. The van der Waals surface area contributed by atoms with Crippen LogP contribution in [-0.2, 0) is 9.47 Å². The van der Waals surface area contributed by atoms with E-state index < -0.39 is 108 Å². The number of hydrogen-bond acceptors (Lipinski definition) is 16. The molecule has 2 fully saturated rings. The van der Waals surface area contributed by atoms with Gasteiger partial charge >= 0.3 is 0 Å². The fourth-order valence-electron chi connectivity index (χ4n) is 4.58. The summed E-state index contributed by atoms with van der Waals surface area (Å²) in [5, 5.41) is 102. The number of aliphatic hydroxyl groups is 7. The van der Waals surface area contributed by atoms with Crippen molar-refractivity contribution in [3.63, 3.8) is 0 Å². The molecule has 2 saturated heterocycles. The summed E-state index contributed by atoms with van der Waals surface area (Å²) in [4.78, 5) is 13.3. The third-order valence-electron chi connectivity index (χ3n) is 6.96. The topological polar surface area (TPSA) is 269 Å². The van der Waals surface area contributed by atoms with Gasteiger partial charge in [0.25, 0.3) is 0 Å². The van der Waals surface area contributed by atoms with Crippen LogP contribution < -0.4 is 14.9 Å². The first-order chi connectivity index (χ1) is 19.9. The Kier molecular flexibility index (Phi) is 8.17. The minimum Gasteiger partial charge on any atom is -0.508 e. The second kappa shape index (κ2) is 11.5. The molecule has 10 N–H and O–H groups in total. The van der Waals surface area contributed by atoms with Crippen LogP contribution in [0.3, 0.4) is 0 Å². The first-order valence-corrected chi connectivity index (χ1v) is 12.6. The number of phenols is 3. The molecule has 3 heterocycles. The molecule has 2 aliphatic rings. The summed E-state index contributed by atoms with van der Waals surface area (Å²) >= 11 is 0. The lowest BCUT2D eigenvalue weighted by molar-refractivity contribution is -0.277. The minimum absolute atomic E-state index is 0.0876. The van der Waals surface area contributed by atoms with Crippen molar-refractivity contribution in [3.05, 3.63) is 40.6 Å². The van der Waals surface area contributed by atoms with Gasteiger partial charge < -0.3 is 74.4 Å². The van der Waals surface area contributed by atoms with Crippen LogP contribution in [0.2, 0.25) is 0 Å². The second-order valence-corrected chi connectivity index (χ2v) is 9.76. The Labute approximate surface area is 235 Å². The molecular weight excluding hydrogens is 568 g/mol. The summed E-state index contributed by atoms with van der Waals surface area (Å²) in [6.07, 6.45) is -15.8. The Bertz CT molecular complexity index is 1490. The van der Waals surface area contributed by atoms with Crippen LogP contribution in [0.1, 0.15) is 0 Å². The Balaban J connectivity index is 1.66. The molecule has 0 radical (unpaired) electrons. The van der Waals surface area contributed by atoms with Gasteiger partial charge in [0.1, 0.15) is 59.6 Å². The maximum absolute atomic E-state index is 13.3. The molecule has 16 nitrogen and oxygen atoms in total. The molecular formula is C26H28O16. The van der Waals surface area contributed by atoms with E-state index in [2.05, 4.69) is 0 Å². The first-order valence-electron chi connectivity index (χ1n) is 12.6. The van der Waals surface area contributed by atoms with Crippen molar-refractivity contribution in [1.82, 2.24) is 0 Å². The van der Waals surface area contributed by atoms with E-state index in [1.54, 1.807) is 0 Å². The molecule has 3 aromatic rings. The summed E-state index contributed by atoms with van der Waals surface area (Å²) < 4.78 is 27.3. The van der Waals surface area contributed by atoms with Gasteiger partial charge in [0.15, 0.2) is 16.8 Å². The zero-order valence-electron chi connectivity index (χ0n) is 21.4. The molecule has 0 bridgehead atoms. The first kappa shape index (κ1) is 29.8. The Hall–Kier alpha value is -3.71. The van der Waals surface area contributed by atoms with Crippen molar-refractivity contribution in [3.8, 4) is 40.1 Å². The fraction of sp³-hybridized carbons (Fsp3) is 0.423. The summed E-state index contributed by atoms with van der Waals surface area (Å²) in [6, 6.07) is 6.38. The van der Waals surface area contributed by atoms with E-state index in [1.165, 1.54) is 24.3 Å². The predicted octanol–water partition coefficient (Wildman–Crippen LogP) is -2.43. The molecule has 2 aromatic carbocycles. The monoisotopic (exact) mass is 596 g/mol.